The van der Waals surface area contributed by atoms with Crippen molar-refractivity contribution < 1.29 is 24.5 Å². The van der Waals surface area contributed by atoms with Crippen LogP contribution >= 0.6 is 24.8 Å². The molecule has 0 fully saturated rings. The number of para-hydroxylation sites is 1. The smallest absolute Gasteiger partial charge is 0.339 e. The Labute approximate surface area is 152 Å². The van der Waals surface area contributed by atoms with Crippen molar-refractivity contribution >= 4 is 41.2 Å². The second-order valence-electron chi connectivity index (χ2n) is 4.03. The van der Waals surface area contributed by atoms with E-state index >= 15 is 0 Å². The van der Waals surface area contributed by atoms with E-state index in [9.17, 15) is 4.79 Å². The van der Waals surface area contributed by atoms with Gasteiger partial charge in [0.1, 0.15) is 11.3 Å². The number of rotatable bonds is 4. The molecule has 9 heteroatoms. The Bertz CT molecular complexity index is 518. The number of amides is 1. The van der Waals surface area contributed by atoms with Gasteiger partial charge < -0.3 is 25.6 Å². The molecule has 0 heterocycles. The van der Waals surface area contributed by atoms with E-state index in [4.69, 9.17) is 32.0 Å². The summed E-state index contributed by atoms with van der Waals surface area (Å²) in [5.74, 6) is -1.31. The molecule has 0 aliphatic carbocycles. The number of ether oxygens (including phenoxy) is 1. The number of phenols is 1. The van der Waals surface area contributed by atoms with E-state index in [-0.39, 0.29) is 11.3 Å². The predicted octanol–water partition coefficient (Wildman–Crippen LogP) is 2.73. The lowest BCUT2D eigenvalue weighted by molar-refractivity contribution is 0.0693. The van der Waals surface area contributed by atoms with Gasteiger partial charge in [0.2, 0.25) is 0 Å². The first-order valence-corrected chi connectivity index (χ1v) is 7.97. The summed E-state index contributed by atoms with van der Waals surface area (Å²) in [7, 11) is 0. The van der Waals surface area contributed by atoms with Gasteiger partial charge in [-0.15, -0.1) is 0 Å². The highest BCUT2D eigenvalue weighted by atomic mass is 32.1. The highest BCUT2D eigenvalue weighted by molar-refractivity contribution is 7.96. The van der Waals surface area contributed by atoms with Gasteiger partial charge in [0, 0.05) is 13.1 Å². The molecule has 0 radical (unpaired) electrons. The molecule has 0 atom stereocenters. The van der Waals surface area contributed by atoms with E-state index in [0.717, 1.165) is 13.1 Å². The molecule has 7 nitrogen and oxygen atoms in total. The Kier molecular flexibility index (Phi) is 14.7. The quantitative estimate of drug-likeness (QED) is 0.472. The lowest BCUT2D eigenvalue weighted by atomic mass is 10.2. The van der Waals surface area contributed by atoms with Crippen LogP contribution in [0.15, 0.2) is 24.3 Å². The van der Waals surface area contributed by atoms with Crippen LogP contribution in [0.25, 0.3) is 0 Å². The molecule has 0 bridgehead atoms. The maximum atomic E-state index is 10.3. The molecule has 0 unspecified atom stereocenters. The Morgan fingerprint density at radius 3 is 2.00 bits per heavy atom. The van der Waals surface area contributed by atoms with Crippen molar-refractivity contribution in [3.8, 4) is 5.75 Å². The SMILES string of the molecule is CCOC(=S)N(CC)CC.NC(=O)S.O=C(O)c1ccccc1O. The van der Waals surface area contributed by atoms with Gasteiger partial charge >= 0.3 is 5.97 Å². The van der Waals surface area contributed by atoms with E-state index in [2.05, 4.69) is 32.2 Å². The number of hydrogen-bond acceptors (Lipinski definition) is 5. The maximum Gasteiger partial charge on any atom is 0.339 e. The minimum Gasteiger partial charge on any atom is -0.507 e. The molecule has 1 aromatic carbocycles. The number of nitrogens with zero attached hydrogens (tertiary/aromatic N) is 1. The number of aromatic carboxylic acids is 1. The highest BCUT2D eigenvalue weighted by Gasteiger charge is 2.05. The molecule has 0 aliphatic heterocycles. The highest BCUT2D eigenvalue weighted by Crippen LogP contribution is 2.14. The number of thiocarbonyl (C=S) groups is 1. The number of thiol groups is 1. The minimum absolute atomic E-state index is 0.0671. The Balaban J connectivity index is 0. The maximum absolute atomic E-state index is 10.3. The molecular weight excluding hydrogens is 352 g/mol. The fourth-order valence-corrected chi connectivity index (χ4v) is 1.73. The molecule has 4 N–H and O–H groups in total. The molecule has 1 aromatic rings. The molecule has 0 saturated heterocycles. The van der Waals surface area contributed by atoms with Crippen LogP contribution in [0.1, 0.15) is 31.1 Å². The van der Waals surface area contributed by atoms with Crippen molar-refractivity contribution in [3.05, 3.63) is 29.8 Å². The number of primary amides is 1. The summed E-state index contributed by atoms with van der Waals surface area (Å²) in [6.07, 6.45) is 0. The standard InChI is InChI=1S/C7H15NOS.C7H6O3.CH3NOS/c1-4-8(5-2)7(10)9-6-3;8-6-4-2-1-3-5(6)7(9)10;2-1(3)4/h4-6H2,1-3H3;1-4,8H,(H,9,10);(H3,2,3,4). The lowest BCUT2D eigenvalue weighted by Crippen LogP contribution is -2.30. The number of carbonyl (C=O) groups is 2. The summed E-state index contributed by atoms with van der Waals surface area (Å²) in [5.41, 5.74) is 4.27. The largest absolute Gasteiger partial charge is 0.507 e. The first-order chi connectivity index (χ1) is 11.2. The van der Waals surface area contributed by atoms with Crippen molar-refractivity contribution in [2.75, 3.05) is 19.7 Å². The molecule has 0 aromatic heterocycles. The van der Waals surface area contributed by atoms with Crippen molar-refractivity contribution in [1.29, 1.82) is 0 Å². The van der Waals surface area contributed by atoms with Crippen molar-refractivity contribution in [1.82, 2.24) is 4.90 Å². The van der Waals surface area contributed by atoms with Gasteiger partial charge in [-0.25, -0.2) is 4.79 Å². The minimum atomic E-state index is -1.11. The van der Waals surface area contributed by atoms with Crippen LogP contribution in [-0.2, 0) is 4.74 Å². The molecular formula is C15H24N2O5S2. The van der Waals surface area contributed by atoms with Gasteiger partial charge in [0.25, 0.3) is 10.4 Å². The van der Waals surface area contributed by atoms with Gasteiger partial charge in [-0.1, -0.05) is 24.8 Å². The van der Waals surface area contributed by atoms with Crippen LogP contribution in [-0.4, -0.2) is 51.2 Å². The number of carboxylic acid groups (broad SMARTS) is 1. The van der Waals surface area contributed by atoms with Gasteiger partial charge in [-0.3, -0.25) is 4.79 Å². The molecule has 0 aliphatic rings. The fraction of sp³-hybridized carbons (Fsp3) is 0.400. The third-order valence-electron chi connectivity index (χ3n) is 2.42. The zero-order valence-electron chi connectivity index (χ0n) is 13.9. The molecule has 1 amide bonds. The average Bonchev–Trinajstić information content (AvgIpc) is 2.49. The monoisotopic (exact) mass is 376 g/mol. The van der Waals surface area contributed by atoms with E-state index in [0.29, 0.717) is 11.8 Å². The number of nitrogens with two attached hydrogens (primary N) is 1. The van der Waals surface area contributed by atoms with E-state index in [1.807, 2.05) is 11.8 Å². The van der Waals surface area contributed by atoms with Gasteiger partial charge in [0.15, 0.2) is 0 Å². The third-order valence-corrected chi connectivity index (χ3v) is 2.80. The first kappa shape index (κ1) is 24.3. The number of aromatic hydroxyl groups is 1. The number of carboxylic acids is 1. The summed E-state index contributed by atoms with van der Waals surface area (Å²) < 4.78 is 5.14. The topological polar surface area (TPSA) is 113 Å². The van der Waals surface area contributed by atoms with E-state index < -0.39 is 11.2 Å². The number of hydrogen-bond donors (Lipinski definition) is 4. The molecule has 0 spiro atoms. The summed E-state index contributed by atoms with van der Waals surface area (Å²) >= 11 is 8.08. The zero-order chi connectivity index (χ0) is 19.1. The van der Waals surface area contributed by atoms with E-state index in [1.54, 1.807) is 12.1 Å². The first-order valence-electron chi connectivity index (χ1n) is 7.12. The normalized spacial score (nSPS) is 8.67. The Morgan fingerprint density at radius 2 is 1.71 bits per heavy atom. The summed E-state index contributed by atoms with van der Waals surface area (Å²) in [6, 6.07) is 5.81. The number of carbonyl (C=O) groups excluding carboxylic acids is 1. The van der Waals surface area contributed by atoms with Gasteiger partial charge in [-0.05, 0) is 45.1 Å². The van der Waals surface area contributed by atoms with Crippen molar-refractivity contribution in [2.24, 2.45) is 5.73 Å². The lowest BCUT2D eigenvalue weighted by Gasteiger charge is -2.20. The zero-order valence-corrected chi connectivity index (χ0v) is 15.6. The Hall–Kier alpha value is -2.00. The van der Waals surface area contributed by atoms with Gasteiger partial charge in [-0.2, -0.15) is 0 Å². The molecule has 24 heavy (non-hydrogen) atoms. The molecule has 0 saturated carbocycles. The van der Waals surface area contributed by atoms with E-state index in [1.165, 1.54) is 12.1 Å². The van der Waals surface area contributed by atoms with Gasteiger partial charge in [0.05, 0.1) is 6.61 Å². The fourth-order valence-electron chi connectivity index (χ4n) is 1.35. The van der Waals surface area contributed by atoms with Crippen LogP contribution in [0, 0.1) is 0 Å². The van der Waals surface area contributed by atoms with Crippen molar-refractivity contribution in [2.45, 2.75) is 20.8 Å². The average molecular weight is 377 g/mol. The second-order valence-corrected chi connectivity index (χ2v) is 4.82. The summed E-state index contributed by atoms with van der Waals surface area (Å²) in [6.45, 7) is 8.58. The number of benzene rings is 1. The summed E-state index contributed by atoms with van der Waals surface area (Å²) in [4.78, 5) is 21.4. The third kappa shape index (κ3) is 12.5. The van der Waals surface area contributed by atoms with Crippen molar-refractivity contribution in [3.63, 3.8) is 0 Å². The van der Waals surface area contributed by atoms with Crippen LogP contribution in [0.5, 0.6) is 5.75 Å². The predicted molar refractivity (Wildman–Crippen MR) is 101 cm³/mol. The molecule has 1 rings (SSSR count). The van der Waals surface area contributed by atoms with Crippen LogP contribution in [0.3, 0.4) is 0 Å². The second kappa shape index (κ2) is 14.6. The Morgan fingerprint density at radius 1 is 1.25 bits per heavy atom. The molecule has 136 valence electrons. The van der Waals surface area contributed by atoms with Crippen LogP contribution in [0.4, 0.5) is 4.79 Å². The summed E-state index contributed by atoms with van der Waals surface area (Å²) in [5, 5.41) is 17.3. The van der Waals surface area contributed by atoms with Crippen LogP contribution in [0.2, 0.25) is 0 Å². The van der Waals surface area contributed by atoms with Crippen LogP contribution < -0.4 is 5.73 Å².